The minimum Gasteiger partial charge on any atom is -0.378 e. The van der Waals surface area contributed by atoms with Gasteiger partial charge in [0.15, 0.2) is 5.96 Å². The van der Waals surface area contributed by atoms with Crippen LogP contribution in [0.25, 0.3) is 0 Å². The van der Waals surface area contributed by atoms with Gasteiger partial charge in [0.1, 0.15) is 0 Å². The molecular formula is C19H41IN4O. The number of nitrogens with zero attached hydrogens (tertiary/aromatic N) is 3. The first kappa shape index (κ1) is 24.9. The SMILES string of the molecule is CCNC(=NCCC(OCC)C(C)C)N1CCC(N(CC)CC)C1.I. The van der Waals surface area contributed by atoms with Crippen LogP contribution in [0.3, 0.4) is 0 Å². The van der Waals surface area contributed by atoms with E-state index in [0.29, 0.717) is 18.1 Å². The van der Waals surface area contributed by atoms with Gasteiger partial charge < -0.3 is 15.0 Å². The van der Waals surface area contributed by atoms with E-state index in [1.807, 2.05) is 0 Å². The number of likely N-dealkylation sites (tertiary alicyclic amines) is 1. The van der Waals surface area contributed by atoms with E-state index < -0.39 is 0 Å². The van der Waals surface area contributed by atoms with Crippen molar-refractivity contribution >= 4 is 29.9 Å². The molecule has 0 spiro atoms. The van der Waals surface area contributed by atoms with Gasteiger partial charge in [-0.25, -0.2) is 0 Å². The molecule has 1 aliphatic heterocycles. The maximum Gasteiger partial charge on any atom is 0.193 e. The predicted molar refractivity (Wildman–Crippen MR) is 119 cm³/mol. The summed E-state index contributed by atoms with van der Waals surface area (Å²) in [5, 5.41) is 3.47. The Morgan fingerprint density at radius 3 is 2.44 bits per heavy atom. The van der Waals surface area contributed by atoms with Crippen LogP contribution in [0.15, 0.2) is 4.99 Å². The summed E-state index contributed by atoms with van der Waals surface area (Å²) in [6.45, 7) is 20.2. The molecule has 1 fully saturated rings. The molecule has 0 aliphatic carbocycles. The van der Waals surface area contributed by atoms with Crippen molar-refractivity contribution in [2.24, 2.45) is 10.9 Å². The van der Waals surface area contributed by atoms with Crippen molar-refractivity contribution in [3.63, 3.8) is 0 Å². The fourth-order valence-electron chi connectivity index (χ4n) is 3.52. The fraction of sp³-hybridized carbons (Fsp3) is 0.947. The Morgan fingerprint density at radius 1 is 1.24 bits per heavy atom. The van der Waals surface area contributed by atoms with Gasteiger partial charge in [0, 0.05) is 38.8 Å². The molecule has 0 aromatic rings. The molecule has 0 aromatic heterocycles. The second-order valence-electron chi connectivity index (χ2n) is 6.87. The third-order valence-corrected chi connectivity index (χ3v) is 4.93. The van der Waals surface area contributed by atoms with Gasteiger partial charge in [-0.1, -0.05) is 27.7 Å². The van der Waals surface area contributed by atoms with Crippen molar-refractivity contribution in [3.05, 3.63) is 0 Å². The van der Waals surface area contributed by atoms with Crippen LogP contribution in [-0.4, -0.2) is 73.8 Å². The van der Waals surface area contributed by atoms with Gasteiger partial charge in [-0.05, 0) is 45.7 Å². The van der Waals surface area contributed by atoms with Crippen LogP contribution in [0, 0.1) is 5.92 Å². The quantitative estimate of drug-likeness (QED) is 0.303. The van der Waals surface area contributed by atoms with Crippen LogP contribution >= 0.6 is 24.0 Å². The molecule has 0 saturated carbocycles. The molecule has 1 heterocycles. The van der Waals surface area contributed by atoms with Gasteiger partial charge in [-0.2, -0.15) is 0 Å². The van der Waals surface area contributed by atoms with E-state index in [9.17, 15) is 0 Å². The Kier molecular flexibility index (Phi) is 14.0. The molecule has 0 bridgehead atoms. The molecule has 0 radical (unpaired) electrons. The summed E-state index contributed by atoms with van der Waals surface area (Å²) in [6.07, 6.45) is 2.54. The largest absolute Gasteiger partial charge is 0.378 e. The zero-order chi connectivity index (χ0) is 17.9. The lowest BCUT2D eigenvalue weighted by Gasteiger charge is -2.27. The lowest BCUT2D eigenvalue weighted by molar-refractivity contribution is 0.0266. The van der Waals surface area contributed by atoms with Gasteiger partial charge in [0.05, 0.1) is 6.10 Å². The van der Waals surface area contributed by atoms with E-state index in [0.717, 1.165) is 58.3 Å². The van der Waals surface area contributed by atoms with Crippen LogP contribution in [0.4, 0.5) is 0 Å². The van der Waals surface area contributed by atoms with Gasteiger partial charge in [-0.3, -0.25) is 9.89 Å². The molecule has 2 unspecified atom stereocenters. The first-order valence-electron chi connectivity index (χ1n) is 9.96. The number of rotatable bonds is 10. The highest BCUT2D eigenvalue weighted by Gasteiger charge is 2.28. The molecule has 1 aliphatic rings. The number of ether oxygens (including phenoxy) is 1. The summed E-state index contributed by atoms with van der Waals surface area (Å²) < 4.78 is 5.84. The first-order chi connectivity index (χ1) is 11.6. The minimum atomic E-state index is 0. The Labute approximate surface area is 173 Å². The van der Waals surface area contributed by atoms with Gasteiger partial charge in [-0.15, -0.1) is 24.0 Å². The molecule has 1 saturated heterocycles. The summed E-state index contributed by atoms with van der Waals surface area (Å²) in [4.78, 5) is 9.87. The highest BCUT2D eigenvalue weighted by Crippen LogP contribution is 2.16. The summed E-state index contributed by atoms with van der Waals surface area (Å²) in [5.74, 6) is 1.62. The molecule has 25 heavy (non-hydrogen) atoms. The molecule has 1 N–H and O–H groups in total. The average Bonchev–Trinajstić information content (AvgIpc) is 3.04. The Bertz CT molecular complexity index is 361. The molecule has 0 aromatic carbocycles. The van der Waals surface area contributed by atoms with E-state index in [2.05, 4.69) is 56.7 Å². The van der Waals surface area contributed by atoms with Crippen LogP contribution in [0.2, 0.25) is 0 Å². The molecule has 5 nitrogen and oxygen atoms in total. The summed E-state index contributed by atoms with van der Waals surface area (Å²) in [7, 11) is 0. The maximum absolute atomic E-state index is 5.84. The standard InChI is InChI=1S/C19H40N4O.HI/c1-7-20-19(21-13-11-18(16(5)6)24-10-4)23-14-12-17(15-23)22(8-2)9-3;/h16-18H,7-15H2,1-6H3,(H,20,21);1H. The van der Waals surface area contributed by atoms with Crippen molar-refractivity contribution in [2.75, 3.05) is 45.9 Å². The van der Waals surface area contributed by atoms with Crippen LogP contribution < -0.4 is 5.32 Å². The number of aliphatic imine (C=N–C) groups is 1. The molecule has 6 heteroatoms. The van der Waals surface area contributed by atoms with E-state index in [-0.39, 0.29) is 24.0 Å². The second kappa shape index (κ2) is 14.0. The van der Waals surface area contributed by atoms with Crippen molar-refractivity contribution < 1.29 is 4.74 Å². The van der Waals surface area contributed by atoms with Gasteiger partial charge >= 0.3 is 0 Å². The van der Waals surface area contributed by atoms with Crippen molar-refractivity contribution in [3.8, 4) is 0 Å². The third kappa shape index (κ3) is 8.43. The smallest absolute Gasteiger partial charge is 0.193 e. The average molecular weight is 468 g/mol. The monoisotopic (exact) mass is 468 g/mol. The van der Waals surface area contributed by atoms with Crippen LogP contribution in [-0.2, 0) is 4.74 Å². The van der Waals surface area contributed by atoms with Crippen molar-refractivity contribution in [2.45, 2.75) is 66.5 Å². The number of hydrogen-bond acceptors (Lipinski definition) is 3. The highest BCUT2D eigenvalue weighted by atomic mass is 127. The van der Waals surface area contributed by atoms with Crippen molar-refractivity contribution in [1.82, 2.24) is 15.1 Å². The Hall–Kier alpha value is -0.0800. The second-order valence-corrected chi connectivity index (χ2v) is 6.87. The normalized spacial score (nSPS) is 19.4. The first-order valence-corrected chi connectivity index (χ1v) is 9.96. The zero-order valence-electron chi connectivity index (χ0n) is 17.3. The minimum absolute atomic E-state index is 0. The Balaban J connectivity index is 0.00000576. The number of hydrogen-bond donors (Lipinski definition) is 1. The molecule has 2 atom stereocenters. The fourth-order valence-corrected chi connectivity index (χ4v) is 3.52. The topological polar surface area (TPSA) is 40.1 Å². The van der Waals surface area contributed by atoms with Crippen LogP contribution in [0.1, 0.15) is 54.4 Å². The Morgan fingerprint density at radius 2 is 1.92 bits per heavy atom. The zero-order valence-corrected chi connectivity index (χ0v) is 19.6. The third-order valence-electron chi connectivity index (χ3n) is 4.93. The molecule has 1 rings (SSSR count). The number of halogens is 1. The van der Waals surface area contributed by atoms with Crippen molar-refractivity contribution in [1.29, 1.82) is 0 Å². The predicted octanol–water partition coefficient (Wildman–Crippen LogP) is 3.44. The van der Waals surface area contributed by atoms with E-state index in [4.69, 9.17) is 9.73 Å². The summed E-state index contributed by atoms with van der Waals surface area (Å²) in [6, 6.07) is 0.663. The van der Waals surface area contributed by atoms with E-state index in [1.165, 1.54) is 6.42 Å². The van der Waals surface area contributed by atoms with E-state index >= 15 is 0 Å². The number of guanidine groups is 1. The molecule has 0 amide bonds. The number of nitrogens with one attached hydrogen (secondary N) is 1. The lowest BCUT2D eigenvalue weighted by Crippen LogP contribution is -2.43. The molecule has 150 valence electrons. The number of likely N-dealkylation sites (N-methyl/N-ethyl adjacent to an activating group) is 1. The van der Waals surface area contributed by atoms with Gasteiger partial charge in [0.2, 0.25) is 0 Å². The lowest BCUT2D eigenvalue weighted by atomic mass is 10.0. The van der Waals surface area contributed by atoms with Gasteiger partial charge in [0.25, 0.3) is 0 Å². The summed E-state index contributed by atoms with van der Waals surface area (Å²) in [5.41, 5.74) is 0. The van der Waals surface area contributed by atoms with E-state index in [1.54, 1.807) is 0 Å². The summed E-state index contributed by atoms with van der Waals surface area (Å²) >= 11 is 0. The highest BCUT2D eigenvalue weighted by molar-refractivity contribution is 14.0. The maximum atomic E-state index is 5.84. The van der Waals surface area contributed by atoms with Crippen LogP contribution in [0.5, 0.6) is 0 Å². The molecular weight excluding hydrogens is 427 g/mol.